The van der Waals surface area contributed by atoms with Crippen molar-refractivity contribution in [2.45, 2.75) is 13.8 Å². The average Bonchev–Trinajstić information content (AvgIpc) is 2.35. The van der Waals surface area contributed by atoms with Crippen molar-refractivity contribution in [2.24, 2.45) is 0 Å². The van der Waals surface area contributed by atoms with Crippen LogP contribution in [0.25, 0.3) is 0 Å². The molecule has 0 unspecified atom stereocenters. The van der Waals surface area contributed by atoms with Gasteiger partial charge in [0.2, 0.25) is 0 Å². The number of hydrogen-bond donors (Lipinski definition) is 2. The molecule has 0 saturated carbocycles. The van der Waals surface area contributed by atoms with Crippen molar-refractivity contribution < 1.29 is 0 Å². The molecule has 0 radical (unpaired) electrons. The van der Waals surface area contributed by atoms with Crippen LogP contribution in [0.2, 0.25) is 0 Å². The van der Waals surface area contributed by atoms with Gasteiger partial charge in [0, 0.05) is 0 Å². The zero-order chi connectivity index (χ0) is 13.1. The van der Waals surface area contributed by atoms with Crippen LogP contribution in [-0.4, -0.2) is 34.1 Å². The first-order valence-corrected chi connectivity index (χ1v) is 15.3. The number of benzene rings is 2. The molecule has 2 aromatic rings. The molecular formula is C14H16N2Te2. The second kappa shape index (κ2) is 6.18. The van der Waals surface area contributed by atoms with Crippen LogP contribution in [0, 0.1) is 13.8 Å². The van der Waals surface area contributed by atoms with E-state index in [9.17, 15) is 0 Å². The average molecular weight is 467 g/mol. The molecular weight excluding hydrogens is 451 g/mol. The zero-order valence-corrected chi connectivity index (χ0v) is 15.1. The summed E-state index contributed by atoms with van der Waals surface area (Å²) in [6.07, 6.45) is 0. The molecule has 0 aliphatic rings. The summed E-state index contributed by atoms with van der Waals surface area (Å²) in [7, 11) is 0. The van der Waals surface area contributed by atoms with Gasteiger partial charge in [-0.05, 0) is 0 Å². The van der Waals surface area contributed by atoms with Gasteiger partial charge in [-0.25, -0.2) is 0 Å². The molecule has 4 N–H and O–H groups in total. The first-order valence-electron chi connectivity index (χ1n) is 5.63. The van der Waals surface area contributed by atoms with Crippen LogP contribution in [-0.2, 0) is 0 Å². The summed E-state index contributed by atoms with van der Waals surface area (Å²) in [5.41, 5.74) is 16.1. The first kappa shape index (κ1) is 14.0. The molecule has 0 aromatic heterocycles. The second-order valence-electron chi connectivity index (χ2n) is 4.16. The number of rotatable bonds is 3. The molecule has 18 heavy (non-hydrogen) atoms. The van der Waals surface area contributed by atoms with E-state index < -0.39 is 0 Å². The Morgan fingerprint density at radius 1 is 0.889 bits per heavy atom. The third-order valence-electron chi connectivity index (χ3n) is 2.79. The quantitative estimate of drug-likeness (QED) is 0.517. The van der Waals surface area contributed by atoms with Gasteiger partial charge in [-0.3, -0.25) is 0 Å². The van der Waals surface area contributed by atoms with Crippen LogP contribution in [0.1, 0.15) is 11.1 Å². The molecule has 0 aliphatic heterocycles. The Hall–Kier alpha value is -0.381. The summed E-state index contributed by atoms with van der Waals surface area (Å²) in [6, 6.07) is 12.8. The van der Waals surface area contributed by atoms with Crippen molar-refractivity contribution in [3.05, 3.63) is 47.5 Å². The van der Waals surface area contributed by atoms with Crippen molar-refractivity contribution in [3.63, 3.8) is 0 Å². The number of nitrogens with two attached hydrogens (primary N) is 2. The van der Waals surface area contributed by atoms with Gasteiger partial charge in [0.05, 0.1) is 0 Å². The number of aryl methyl sites for hydroxylation is 1. The SMILES string of the molecule is Cc1cc([Te][Te]c2cccc(N)c2C)ccc1N. The van der Waals surface area contributed by atoms with Gasteiger partial charge in [0.1, 0.15) is 0 Å². The van der Waals surface area contributed by atoms with Gasteiger partial charge >= 0.3 is 126 Å². The number of anilines is 2. The summed E-state index contributed by atoms with van der Waals surface area (Å²) in [4.78, 5) is 0. The van der Waals surface area contributed by atoms with Crippen molar-refractivity contribution in [1.82, 2.24) is 0 Å². The van der Waals surface area contributed by atoms with Crippen LogP contribution in [0.4, 0.5) is 11.4 Å². The van der Waals surface area contributed by atoms with Crippen LogP contribution in [0.5, 0.6) is 0 Å². The van der Waals surface area contributed by atoms with E-state index >= 15 is 0 Å². The van der Waals surface area contributed by atoms with Gasteiger partial charge < -0.3 is 0 Å². The van der Waals surface area contributed by atoms with Crippen LogP contribution in [0.15, 0.2) is 36.4 Å². The van der Waals surface area contributed by atoms with Crippen LogP contribution in [0.3, 0.4) is 0 Å². The van der Waals surface area contributed by atoms with Gasteiger partial charge in [0.15, 0.2) is 0 Å². The van der Waals surface area contributed by atoms with Gasteiger partial charge in [-0.1, -0.05) is 0 Å². The Bertz CT molecular complexity index is 568. The van der Waals surface area contributed by atoms with Crippen LogP contribution < -0.4 is 18.7 Å². The topological polar surface area (TPSA) is 52.0 Å². The Kier molecular flexibility index (Phi) is 4.82. The normalized spacial score (nSPS) is 10.6. The molecule has 2 nitrogen and oxygen atoms in total. The molecule has 0 aliphatic carbocycles. The molecule has 4 heteroatoms. The molecule has 0 spiro atoms. The Labute approximate surface area is 124 Å². The molecule has 0 fully saturated rings. The summed E-state index contributed by atoms with van der Waals surface area (Å²) < 4.78 is 3.02. The third-order valence-corrected chi connectivity index (χ3v) is 14.8. The molecule has 0 heterocycles. The second-order valence-corrected chi connectivity index (χ2v) is 14.1. The van der Waals surface area contributed by atoms with E-state index in [4.69, 9.17) is 11.5 Å². The van der Waals surface area contributed by atoms with Crippen molar-refractivity contribution in [3.8, 4) is 0 Å². The first-order chi connectivity index (χ1) is 8.58. The Morgan fingerprint density at radius 3 is 2.39 bits per heavy atom. The fraction of sp³-hybridized carbons (Fsp3) is 0.143. The van der Waals surface area contributed by atoms with Gasteiger partial charge in [-0.2, -0.15) is 0 Å². The van der Waals surface area contributed by atoms with E-state index in [1.54, 1.807) is 0 Å². The summed E-state index contributed by atoms with van der Waals surface area (Å²) in [5, 5.41) is 0. The third kappa shape index (κ3) is 3.34. The maximum absolute atomic E-state index is 5.95. The van der Waals surface area contributed by atoms with Crippen LogP contribution >= 0.6 is 0 Å². The Balaban J connectivity index is 2.11. The number of hydrogen-bond acceptors (Lipinski definition) is 2. The minimum absolute atomic E-state index is 0.0814. The Morgan fingerprint density at radius 2 is 1.67 bits per heavy atom. The predicted octanol–water partition coefficient (Wildman–Crippen LogP) is 0.742. The fourth-order valence-electron chi connectivity index (χ4n) is 1.51. The van der Waals surface area contributed by atoms with E-state index in [1.807, 2.05) is 12.1 Å². The monoisotopic (exact) mass is 472 g/mol. The number of nitrogen functional groups attached to an aromatic ring is 2. The van der Waals surface area contributed by atoms with E-state index in [1.165, 1.54) is 18.3 Å². The van der Waals surface area contributed by atoms with Crippen molar-refractivity contribution in [2.75, 3.05) is 11.5 Å². The zero-order valence-electron chi connectivity index (χ0n) is 10.4. The van der Waals surface area contributed by atoms with Gasteiger partial charge in [-0.15, -0.1) is 0 Å². The molecule has 2 aromatic carbocycles. The molecule has 0 bridgehead atoms. The molecule has 0 atom stereocenters. The maximum atomic E-state index is 5.95. The molecule has 2 rings (SSSR count). The molecule has 94 valence electrons. The predicted molar refractivity (Wildman–Crippen MR) is 82.0 cm³/mol. The van der Waals surface area contributed by atoms with E-state index in [-0.39, 0.29) is 34.1 Å². The van der Waals surface area contributed by atoms with Gasteiger partial charge in [0.25, 0.3) is 0 Å². The van der Waals surface area contributed by atoms with Crippen molar-refractivity contribution in [1.29, 1.82) is 0 Å². The van der Waals surface area contributed by atoms with E-state index in [2.05, 4.69) is 38.1 Å². The molecule has 0 amide bonds. The van der Waals surface area contributed by atoms with E-state index in [0.717, 1.165) is 11.4 Å². The standard InChI is InChI=1S/C14H16N2Te2/c1-9-8-11(6-7-12(9)15)17-18-14-5-3-4-13(16)10(14)2/h3-8H,15-16H2,1-2H3. The summed E-state index contributed by atoms with van der Waals surface area (Å²) in [5.74, 6) is 0. The summed E-state index contributed by atoms with van der Waals surface area (Å²) >= 11 is -0.176. The van der Waals surface area contributed by atoms with E-state index in [0.29, 0.717) is 0 Å². The minimum atomic E-state index is -0.0944. The fourth-order valence-corrected chi connectivity index (χ4v) is 13.1. The summed E-state index contributed by atoms with van der Waals surface area (Å²) in [6.45, 7) is 4.22. The molecule has 0 saturated heterocycles. The van der Waals surface area contributed by atoms with Crippen molar-refractivity contribution >= 4 is 52.7 Å².